The van der Waals surface area contributed by atoms with Crippen LogP contribution in [0.25, 0.3) is 87.6 Å². The van der Waals surface area contributed by atoms with Gasteiger partial charge in [-0.3, -0.25) is 0 Å². The number of hydrogen-bond donors (Lipinski definition) is 0. The molecule has 0 saturated carbocycles. The van der Waals surface area contributed by atoms with E-state index in [2.05, 4.69) is 153 Å². The number of furan rings is 1. The summed E-state index contributed by atoms with van der Waals surface area (Å²) in [6.45, 7) is 4.73. The second-order valence-electron chi connectivity index (χ2n) is 13.3. The summed E-state index contributed by atoms with van der Waals surface area (Å²) in [6.07, 6.45) is 0. The van der Waals surface area contributed by atoms with Crippen molar-refractivity contribution in [2.24, 2.45) is 0 Å². The first-order valence-corrected chi connectivity index (χ1v) is 16.1. The van der Waals surface area contributed by atoms with E-state index in [1.54, 1.807) is 0 Å². The van der Waals surface area contributed by atoms with Crippen LogP contribution in [-0.2, 0) is 5.41 Å². The molecule has 1 nitrogen and oxygen atoms in total. The summed E-state index contributed by atoms with van der Waals surface area (Å²) >= 11 is 0. The Morgan fingerprint density at radius 2 is 0.957 bits per heavy atom. The highest BCUT2D eigenvalue weighted by atomic mass is 16.3. The van der Waals surface area contributed by atoms with Gasteiger partial charge < -0.3 is 4.42 Å². The quantitative estimate of drug-likeness (QED) is 0.184. The van der Waals surface area contributed by atoms with Crippen molar-refractivity contribution >= 4 is 54.3 Å². The zero-order chi connectivity index (χ0) is 30.6. The van der Waals surface area contributed by atoms with Gasteiger partial charge in [0.2, 0.25) is 0 Å². The first kappa shape index (κ1) is 25.6. The highest BCUT2D eigenvalue weighted by Crippen LogP contribution is 2.52. The highest BCUT2D eigenvalue weighted by molar-refractivity contribution is 6.21. The molecule has 0 saturated heterocycles. The fourth-order valence-electron chi connectivity index (χ4n) is 8.23. The summed E-state index contributed by atoms with van der Waals surface area (Å²) < 4.78 is 6.27. The van der Waals surface area contributed by atoms with Crippen LogP contribution in [0.3, 0.4) is 0 Å². The third-order valence-corrected chi connectivity index (χ3v) is 10.4. The lowest BCUT2D eigenvalue weighted by molar-refractivity contribution is 0.661. The first-order valence-electron chi connectivity index (χ1n) is 16.1. The first-order chi connectivity index (χ1) is 22.6. The van der Waals surface area contributed by atoms with Gasteiger partial charge >= 0.3 is 0 Å². The molecule has 0 bridgehead atoms. The second kappa shape index (κ2) is 9.19. The van der Waals surface area contributed by atoms with Crippen molar-refractivity contribution in [3.63, 3.8) is 0 Å². The second-order valence-corrected chi connectivity index (χ2v) is 13.3. The standard InChI is InChI=1S/C45H30O/c1-45(2)39-21-20-28(44-34-17-8-6-15-32(34)43(27-12-4-3-5-13-27)33-16-7-9-18-35(33)44)22-36(39)37-23-29-24-38-31-14-10-11-19-41(31)46-42(38)26-30(29)25-40(37)45/h3-26H,1-2H3. The predicted octanol–water partition coefficient (Wildman–Crippen LogP) is 12.7. The van der Waals surface area contributed by atoms with Crippen LogP contribution in [0.4, 0.5) is 0 Å². The van der Waals surface area contributed by atoms with Crippen molar-refractivity contribution in [3.8, 4) is 33.4 Å². The van der Waals surface area contributed by atoms with Crippen molar-refractivity contribution in [1.29, 1.82) is 0 Å². The smallest absolute Gasteiger partial charge is 0.136 e. The van der Waals surface area contributed by atoms with Gasteiger partial charge in [-0.1, -0.05) is 123 Å². The van der Waals surface area contributed by atoms with Crippen molar-refractivity contribution in [3.05, 3.63) is 157 Å². The molecule has 0 N–H and O–H groups in total. The van der Waals surface area contributed by atoms with Gasteiger partial charge in [0.1, 0.15) is 11.2 Å². The summed E-state index contributed by atoms with van der Waals surface area (Å²) in [5.74, 6) is 0. The monoisotopic (exact) mass is 586 g/mol. The van der Waals surface area contributed by atoms with Crippen LogP contribution in [0.2, 0.25) is 0 Å². The summed E-state index contributed by atoms with van der Waals surface area (Å²) in [5, 5.41) is 9.94. The Morgan fingerprint density at radius 3 is 1.65 bits per heavy atom. The molecule has 9 aromatic rings. The summed E-state index contributed by atoms with van der Waals surface area (Å²) in [4.78, 5) is 0. The molecule has 0 spiro atoms. The zero-order valence-corrected chi connectivity index (χ0v) is 25.8. The van der Waals surface area contributed by atoms with Crippen molar-refractivity contribution in [2.45, 2.75) is 19.3 Å². The van der Waals surface area contributed by atoms with Gasteiger partial charge in [0.05, 0.1) is 0 Å². The Balaban J connectivity index is 1.24. The van der Waals surface area contributed by atoms with Crippen LogP contribution in [0.1, 0.15) is 25.0 Å². The Bertz CT molecular complexity index is 2650. The SMILES string of the molecule is CC1(C)c2ccc(-c3c4ccccc4c(-c4ccccc4)c4ccccc34)cc2-c2cc3cc4c(cc3cc21)oc1ccccc14. The summed E-state index contributed by atoms with van der Waals surface area (Å²) in [7, 11) is 0. The van der Waals surface area contributed by atoms with Crippen LogP contribution >= 0.6 is 0 Å². The van der Waals surface area contributed by atoms with E-state index in [9.17, 15) is 0 Å². The van der Waals surface area contributed by atoms with E-state index in [0.717, 1.165) is 11.2 Å². The van der Waals surface area contributed by atoms with E-state index < -0.39 is 0 Å². The van der Waals surface area contributed by atoms with Gasteiger partial charge in [-0.15, -0.1) is 0 Å². The molecule has 1 aliphatic rings. The van der Waals surface area contributed by atoms with E-state index in [1.807, 2.05) is 6.07 Å². The van der Waals surface area contributed by atoms with E-state index in [1.165, 1.54) is 87.6 Å². The molecule has 1 aromatic heterocycles. The van der Waals surface area contributed by atoms with Crippen molar-refractivity contribution in [2.75, 3.05) is 0 Å². The minimum atomic E-state index is -0.110. The fraction of sp³-hybridized carbons (Fsp3) is 0.0667. The zero-order valence-electron chi connectivity index (χ0n) is 25.8. The minimum absolute atomic E-state index is 0.110. The molecule has 1 heterocycles. The lowest BCUT2D eigenvalue weighted by Gasteiger charge is -2.22. The number of fused-ring (bicyclic) bond motifs is 9. The lowest BCUT2D eigenvalue weighted by atomic mass is 9.81. The molecule has 0 aliphatic heterocycles. The van der Waals surface area contributed by atoms with Gasteiger partial charge in [0.15, 0.2) is 0 Å². The summed E-state index contributed by atoms with van der Waals surface area (Å²) in [5.41, 5.74) is 12.3. The normalized spacial score (nSPS) is 13.6. The molecular formula is C45H30O. The molecule has 0 fully saturated rings. The van der Waals surface area contributed by atoms with Gasteiger partial charge in [-0.25, -0.2) is 0 Å². The number of rotatable bonds is 2. The van der Waals surface area contributed by atoms with Crippen LogP contribution < -0.4 is 0 Å². The van der Waals surface area contributed by atoms with Gasteiger partial charge in [0, 0.05) is 16.2 Å². The maximum atomic E-state index is 6.27. The molecule has 0 radical (unpaired) electrons. The molecule has 1 heteroatoms. The Labute approximate surface area is 267 Å². The minimum Gasteiger partial charge on any atom is -0.456 e. The Hall–Kier alpha value is -5.66. The predicted molar refractivity (Wildman–Crippen MR) is 195 cm³/mol. The van der Waals surface area contributed by atoms with Crippen LogP contribution in [0, 0.1) is 0 Å². The molecule has 10 rings (SSSR count). The largest absolute Gasteiger partial charge is 0.456 e. The van der Waals surface area contributed by atoms with Crippen LogP contribution in [-0.4, -0.2) is 0 Å². The molecule has 0 atom stereocenters. The van der Waals surface area contributed by atoms with Crippen LogP contribution in [0.15, 0.2) is 150 Å². The van der Waals surface area contributed by atoms with E-state index >= 15 is 0 Å². The molecular weight excluding hydrogens is 556 g/mol. The maximum absolute atomic E-state index is 6.27. The Morgan fingerprint density at radius 1 is 0.391 bits per heavy atom. The average molecular weight is 587 g/mol. The van der Waals surface area contributed by atoms with Crippen molar-refractivity contribution < 1.29 is 4.42 Å². The molecule has 216 valence electrons. The van der Waals surface area contributed by atoms with Gasteiger partial charge in [0.25, 0.3) is 0 Å². The van der Waals surface area contributed by atoms with E-state index in [0.29, 0.717) is 0 Å². The van der Waals surface area contributed by atoms with Gasteiger partial charge in [-0.05, 0) is 113 Å². The lowest BCUT2D eigenvalue weighted by Crippen LogP contribution is -2.14. The highest BCUT2D eigenvalue weighted by Gasteiger charge is 2.36. The van der Waals surface area contributed by atoms with Gasteiger partial charge in [-0.2, -0.15) is 0 Å². The topological polar surface area (TPSA) is 13.1 Å². The fourth-order valence-corrected chi connectivity index (χ4v) is 8.23. The van der Waals surface area contributed by atoms with Crippen LogP contribution in [0.5, 0.6) is 0 Å². The molecule has 0 unspecified atom stereocenters. The molecule has 46 heavy (non-hydrogen) atoms. The average Bonchev–Trinajstić information content (AvgIpc) is 3.56. The molecule has 1 aliphatic carbocycles. The van der Waals surface area contributed by atoms with E-state index in [4.69, 9.17) is 4.42 Å². The summed E-state index contributed by atoms with van der Waals surface area (Å²) in [6, 6.07) is 53.5. The number of benzene rings is 8. The number of para-hydroxylation sites is 1. The Kier molecular flexibility index (Phi) is 5.12. The van der Waals surface area contributed by atoms with E-state index in [-0.39, 0.29) is 5.41 Å². The third kappa shape index (κ3) is 3.46. The third-order valence-electron chi connectivity index (χ3n) is 10.4. The molecule has 8 aromatic carbocycles. The molecule has 0 amide bonds. The maximum Gasteiger partial charge on any atom is 0.136 e. The van der Waals surface area contributed by atoms with Crippen molar-refractivity contribution in [1.82, 2.24) is 0 Å². The number of hydrogen-bond acceptors (Lipinski definition) is 1.